The molecule has 0 amide bonds. The van der Waals surface area contributed by atoms with Crippen LogP contribution in [0.5, 0.6) is 5.75 Å². The number of primary sulfonamides is 1. The Morgan fingerprint density at radius 3 is 2.94 bits per heavy atom. The van der Waals surface area contributed by atoms with Gasteiger partial charge in [0.25, 0.3) is 0 Å². The van der Waals surface area contributed by atoms with Crippen LogP contribution in [-0.2, 0) is 10.0 Å². The molecular weight excluding hydrogens is 260 g/mol. The van der Waals surface area contributed by atoms with Crippen molar-refractivity contribution in [3.05, 3.63) is 18.3 Å². The second kappa shape index (κ2) is 6.83. The zero-order valence-corrected chi connectivity index (χ0v) is 11.3. The van der Waals surface area contributed by atoms with Crippen molar-refractivity contribution < 1.29 is 13.2 Å². The molecular formula is C10H16N2O3S2. The summed E-state index contributed by atoms with van der Waals surface area (Å²) in [5, 5.41) is 5.62. The highest BCUT2D eigenvalue weighted by atomic mass is 32.2. The van der Waals surface area contributed by atoms with E-state index in [1.54, 1.807) is 12.3 Å². The Morgan fingerprint density at radius 1 is 1.53 bits per heavy atom. The van der Waals surface area contributed by atoms with Crippen LogP contribution in [0.2, 0.25) is 0 Å². The Kier molecular flexibility index (Phi) is 5.73. The monoisotopic (exact) mass is 276 g/mol. The van der Waals surface area contributed by atoms with Crippen molar-refractivity contribution in [1.82, 2.24) is 4.98 Å². The van der Waals surface area contributed by atoms with Gasteiger partial charge in [-0.3, -0.25) is 0 Å². The Balaban J connectivity index is 2.57. The smallest absolute Gasteiger partial charge is 0.209 e. The topological polar surface area (TPSA) is 82.3 Å². The van der Waals surface area contributed by atoms with Crippen LogP contribution in [0.15, 0.2) is 23.4 Å². The van der Waals surface area contributed by atoms with E-state index in [1.807, 2.05) is 13.0 Å². The fourth-order valence-electron chi connectivity index (χ4n) is 1.06. The second-order valence-electron chi connectivity index (χ2n) is 3.37. The van der Waals surface area contributed by atoms with E-state index in [-0.39, 0.29) is 5.75 Å². The van der Waals surface area contributed by atoms with E-state index in [9.17, 15) is 8.42 Å². The lowest BCUT2D eigenvalue weighted by Crippen LogP contribution is -2.17. The predicted octanol–water partition coefficient (Wildman–Crippen LogP) is 1.25. The molecule has 5 nitrogen and oxygen atoms in total. The largest absolute Gasteiger partial charge is 0.491 e. The number of nitrogens with two attached hydrogens (primary N) is 1. The molecule has 1 aromatic rings. The van der Waals surface area contributed by atoms with Gasteiger partial charge in [-0.05, 0) is 18.6 Å². The van der Waals surface area contributed by atoms with E-state index in [2.05, 4.69) is 4.98 Å². The first kappa shape index (κ1) is 14.3. The number of ether oxygens (including phenoxy) is 1. The highest BCUT2D eigenvalue weighted by Gasteiger charge is 2.08. The maximum absolute atomic E-state index is 10.8. The van der Waals surface area contributed by atoms with Gasteiger partial charge in [0, 0.05) is 11.9 Å². The Bertz CT molecular complexity index is 449. The molecule has 0 spiro atoms. The van der Waals surface area contributed by atoms with Gasteiger partial charge in [-0.15, -0.1) is 11.8 Å². The molecule has 7 heteroatoms. The fraction of sp³-hybridized carbons (Fsp3) is 0.500. The fourth-order valence-corrected chi connectivity index (χ4v) is 2.92. The van der Waals surface area contributed by atoms with E-state index in [1.165, 1.54) is 11.8 Å². The van der Waals surface area contributed by atoms with Crippen molar-refractivity contribution >= 4 is 21.8 Å². The summed E-state index contributed by atoms with van der Waals surface area (Å²) in [6.07, 6.45) is 2.56. The summed E-state index contributed by atoms with van der Waals surface area (Å²) < 4.78 is 27.1. The summed E-state index contributed by atoms with van der Waals surface area (Å²) in [6.45, 7) is 2.64. The SMILES string of the molecule is CCCOc1cccnc1SCCS(N)(=O)=O. The predicted molar refractivity (Wildman–Crippen MR) is 68.7 cm³/mol. The van der Waals surface area contributed by atoms with Gasteiger partial charge >= 0.3 is 0 Å². The Morgan fingerprint density at radius 2 is 2.29 bits per heavy atom. The number of thioether (sulfide) groups is 1. The average molecular weight is 276 g/mol. The standard InChI is InChI=1S/C10H16N2O3S2/c1-2-6-15-9-4-3-5-12-10(9)16-7-8-17(11,13)14/h3-5H,2,6-8H2,1H3,(H2,11,13,14). The lowest BCUT2D eigenvalue weighted by Gasteiger charge is -2.08. The van der Waals surface area contributed by atoms with Crippen LogP contribution in [-0.4, -0.2) is 31.5 Å². The molecule has 0 saturated carbocycles. The van der Waals surface area contributed by atoms with Crippen LogP contribution in [0.3, 0.4) is 0 Å². The first-order valence-electron chi connectivity index (χ1n) is 5.24. The molecule has 0 aromatic carbocycles. The average Bonchev–Trinajstić information content (AvgIpc) is 2.26. The minimum Gasteiger partial charge on any atom is -0.491 e. The molecule has 0 radical (unpaired) electrons. The normalized spacial score (nSPS) is 11.4. The summed E-state index contributed by atoms with van der Waals surface area (Å²) in [6, 6.07) is 3.61. The van der Waals surface area contributed by atoms with Gasteiger partial charge in [-0.25, -0.2) is 18.5 Å². The number of nitrogens with zero attached hydrogens (tertiary/aromatic N) is 1. The zero-order valence-electron chi connectivity index (χ0n) is 9.63. The maximum atomic E-state index is 10.8. The van der Waals surface area contributed by atoms with Gasteiger partial charge in [0.1, 0.15) is 5.03 Å². The van der Waals surface area contributed by atoms with Crippen LogP contribution in [0.4, 0.5) is 0 Å². The number of pyridine rings is 1. The minimum atomic E-state index is -3.41. The minimum absolute atomic E-state index is 0.0680. The first-order chi connectivity index (χ1) is 8.03. The molecule has 1 aromatic heterocycles. The van der Waals surface area contributed by atoms with E-state index in [4.69, 9.17) is 9.88 Å². The molecule has 0 atom stereocenters. The summed E-state index contributed by atoms with van der Waals surface area (Å²) in [5.41, 5.74) is 0. The van der Waals surface area contributed by atoms with Crippen molar-refractivity contribution in [2.24, 2.45) is 5.14 Å². The van der Waals surface area contributed by atoms with E-state index < -0.39 is 10.0 Å². The molecule has 1 rings (SSSR count). The van der Waals surface area contributed by atoms with Gasteiger partial charge in [-0.1, -0.05) is 6.92 Å². The van der Waals surface area contributed by atoms with Gasteiger partial charge in [0.2, 0.25) is 10.0 Å². The van der Waals surface area contributed by atoms with Crippen molar-refractivity contribution in [2.45, 2.75) is 18.4 Å². The lowest BCUT2D eigenvalue weighted by molar-refractivity contribution is 0.307. The van der Waals surface area contributed by atoms with Gasteiger partial charge < -0.3 is 4.74 Å². The molecule has 1 heterocycles. The van der Waals surface area contributed by atoms with Crippen LogP contribution >= 0.6 is 11.8 Å². The molecule has 0 fully saturated rings. The van der Waals surface area contributed by atoms with Crippen molar-refractivity contribution in [2.75, 3.05) is 18.1 Å². The highest BCUT2D eigenvalue weighted by molar-refractivity contribution is 8.00. The summed E-state index contributed by atoms with van der Waals surface area (Å²) in [7, 11) is -3.41. The molecule has 17 heavy (non-hydrogen) atoms. The maximum Gasteiger partial charge on any atom is 0.209 e. The van der Waals surface area contributed by atoms with Gasteiger partial charge in [-0.2, -0.15) is 0 Å². The van der Waals surface area contributed by atoms with E-state index >= 15 is 0 Å². The molecule has 2 N–H and O–H groups in total. The van der Waals surface area contributed by atoms with E-state index in [0.717, 1.165) is 6.42 Å². The zero-order chi connectivity index (χ0) is 12.7. The molecule has 0 aliphatic carbocycles. The van der Waals surface area contributed by atoms with E-state index in [0.29, 0.717) is 23.1 Å². The molecule has 0 aliphatic heterocycles. The molecule has 0 aliphatic rings. The van der Waals surface area contributed by atoms with Crippen LogP contribution in [0.1, 0.15) is 13.3 Å². The third kappa shape index (κ3) is 5.90. The highest BCUT2D eigenvalue weighted by Crippen LogP contribution is 2.26. The molecule has 96 valence electrons. The number of aromatic nitrogens is 1. The quantitative estimate of drug-likeness (QED) is 0.758. The van der Waals surface area contributed by atoms with Crippen LogP contribution in [0.25, 0.3) is 0 Å². The third-order valence-corrected chi connectivity index (χ3v) is 3.82. The summed E-state index contributed by atoms with van der Waals surface area (Å²) in [4.78, 5) is 4.15. The number of rotatable bonds is 7. The van der Waals surface area contributed by atoms with Crippen LogP contribution < -0.4 is 9.88 Å². The van der Waals surface area contributed by atoms with Crippen molar-refractivity contribution in [3.8, 4) is 5.75 Å². The van der Waals surface area contributed by atoms with Gasteiger partial charge in [0.05, 0.1) is 12.4 Å². The molecule has 0 saturated heterocycles. The molecule has 0 unspecified atom stereocenters. The second-order valence-corrected chi connectivity index (χ2v) is 6.19. The number of hydrogen-bond acceptors (Lipinski definition) is 5. The Labute approximate surface area is 106 Å². The van der Waals surface area contributed by atoms with Crippen molar-refractivity contribution in [1.29, 1.82) is 0 Å². The number of hydrogen-bond donors (Lipinski definition) is 1. The Hall–Kier alpha value is -0.790. The van der Waals surface area contributed by atoms with Crippen LogP contribution in [0, 0.1) is 0 Å². The van der Waals surface area contributed by atoms with Crippen molar-refractivity contribution in [3.63, 3.8) is 0 Å². The van der Waals surface area contributed by atoms with Gasteiger partial charge in [0.15, 0.2) is 5.75 Å². The lowest BCUT2D eigenvalue weighted by atomic mass is 10.4. The third-order valence-electron chi connectivity index (χ3n) is 1.80. The summed E-state index contributed by atoms with van der Waals surface area (Å²) >= 11 is 1.33. The first-order valence-corrected chi connectivity index (χ1v) is 7.94. The number of sulfonamides is 1. The summed E-state index contributed by atoms with van der Waals surface area (Å²) in [5.74, 6) is 0.994. The molecule has 0 bridgehead atoms.